The van der Waals surface area contributed by atoms with Gasteiger partial charge in [0.25, 0.3) is 16.4 Å². The molecule has 0 aliphatic carbocycles. The van der Waals surface area contributed by atoms with Crippen LogP contribution < -0.4 is 10.1 Å². The molecule has 7 nitrogen and oxygen atoms in total. The van der Waals surface area contributed by atoms with Crippen LogP contribution in [-0.4, -0.2) is 68.4 Å². The minimum atomic E-state index is -5.42. The quantitative estimate of drug-likeness (QED) is 0.456. The van der Waals surface area contributed by atoms with E-state index < -0.39 is 10.5 Å². The Morgan fingerprint density at radius 2 is 2.00 bits per heavy atom. The number of hydrogen-bond donors (Lipinski definition) is 1. The van der Waals surface area contributed by atoms with E-state index in [1.165, 1.54) is 5.56 Å². The summed E-state index contributed by atoms with van der Waals surface area (Å²) < 4.78 is 41.4. The van der Waals surface area contributed by atoms with Crippen LogP contribution in [0.5, 0.6) is 5.75 Å². The van der Waals surface area contributed by atoms with E-state index >= 15 is 0 Å². The Morgan fingerprint density at radius 1 is 1.38 bits per heavy atom. The Labute approximate surface area is 157 Å². The Bertz CT molecular complexity index is 721. The summed E-state index contributed by atoms with van der Waals surface area (Å²) in [5.41, 5.74) is 1.32. The lowest BCUT2D eigenvalue weighted by Gasteiger charge is -2.38. The van der Waals surface area contributed by atoms with Gasteiger partial charge in [0.15, 0.2) is 6.04 Å². The van der Waals surface area contributed by atoms with E-state index in [1.54, 1.807) is 7.11 Å². The van der Waals surface area contributed by atoms with Crippen LogP contribution in [0.4, 0.5) is 3.89 Å². The van der Waals surface area contributed by atoms with E-state index in [2.05, 4.69) is 24.5 Å². The maximum atomic E-state index is 12.0. The molecular formula is C16H23FN2O5S2. The zero-order valence-electron chi connectivity index (χ0n) is 14.7. The number of nitrogens with one attached hydrogen (secondary N) is 1. The number of fused-ring (bicyclic) bond motifs is 1. The number of piperazine rings is 1. The molecule has 0 saturated carbocycles. The molecule has 0 spiro atoms. The summed E-state index contributed by atoms with van der Waals surface area (Å²) in [5.74, 6) is 2.15. The number of likely N-dealkylation sites (N-methyl/N-ethyl adjacent to an activating group) is 1. The summed E-state index contributed by atoms with van der Waals surface area (Å²) in [4.78, 5) is 12.0. The number of methoxy groups -OCH3 is 1. The fraction of sp³-hybridized carbons (Fsp3) is 0.562. The number of quaternary nitrogens is 1. The van der Waals surface area contributed by atoms with Crippen LogP contribution in [-0.2, 0) is 21.1 Å². The van der Waals surface area contributed by atoms with Crippen LogP contribution in [0.3, 0.4) is 0 Å². The molecular weight excluding hydrogens is 383 g/mol. The molecule has 146 valence electrons. The summed E-state index contributed by atoms with van der Waals surface area (Å²) in [6, 6.07) is 8.42. The third-order valence-corrected chi connectivity index (χ3v) is 6.04. The molecule has 1 N–H and O–H groups in total. The van der Waals surface area contributed by atoms with Gasteiger partial charge in [-0.05, 0) is 17.7 Å². The van der Waals surface area contributed by atoms with Crippen LogP contribution in [0, 0.1) is 0 Å². The second kappa shape index (κ2) is 8.55. The molecule has 2 saturated heterocycles. The van der Waals surface area contributed by atoms with Crippen LogP contribution in [0.1, 0.15) is 12.0 Å². The first-order chi connectivity index (χ1) is 12.1. The molecule has 1 unspecified atom stereocenters. The average molecular weight is 407 g/mol. The lowest BCUT2D eigenvalue weighted by molar-refractivity contribution is -0.913. The number of benzene rings is 1. The predicted octanol–water partition coefficient (Wildman–Crippen LogP) is 1.06. The fourth-order valence-electron chi connectivity index (χ4n) is 3.42. The molecule has 2 aliphatic heterocycles. The molecule has 0 aromatic heterocycles. The van der Waals surface area contributed by atoms with Gasteiger partial charge in [-0.15, -0.1) is 15.6 Å². The summed E-state index contributed by atoms with van der Waals surface area (Å²) >= 11 is 1.98. The van der Waals surface area contributed by atoms with Crippen molar-refractivity contribution in [1.82, 2.24) is 5.32 Å². The normalized spacial score (nSPS) is 27.8. The van der Waals surface area contributed by atoms with Gasteiger partial charge in [0.2, 0.25) is 0 Å². The number of carbonyl (C=O) groups excluding carboxylic acids is 1. The van der Waals surface area contributed by atoms with Crippen LogP contribution in [0.25, 0.3) is 0 Å². The van der Waals surface area contributed by atoms with Crippen molar-refractivity contribution in [2.24, 2.45) is 0 Å². The van der Waals surface area contributed by atoms with Gasteiger partial charge in [0.1, 0.15) is 5.75 Å². The Morgan fingerprint density at radius 3 is 2.54 bits per heavy atom. The Hall–Kier alpha value is -1.36. The van der Waals surface area contributed by atoms with Crippen LogP contribution in [0.2, 0.25) is 0 Å². The first-order valence-corrected chi connectivity index (χ1v) is 10.5. The lowest BCUT2D eigenvalue weighted by Crippen LogP contribution is -2.62. The molecule has 0 radical (unpaired) electrons. The van der Waals surface area contributed by atoms with Crippen molar-refractivity contribution in [3.63, 3.8) is 0 Å². The molecule has 2 aliphatic rings. The van der Waals surface area contributed by atoms with E-state index in [4.69, 9.17) is 17.7 Å². The summed E-state index contributed by atoms with van der Waals surface area (Å²) in [7, 11) is -1.50. The molecule has 3 atom stereocenters. The van der Waals surface area contributed by atoms with Gasteiger partial charge in [0, 0.05) is 12.2 Å². The third kappa shape index (κ3) is 6.11. The fourth-order valence-corrected chi connectivity index (χ4v) is 4.80. The molecule has 1 amide bonds. The average Bonchev–Trinajstić information content (AvgIpc) is 2.90. The number of ether oxygens (including phenoxy) is 1. The highest BCUT2D eigenvalue weighted by atomic mass is 32.3. The van der Waals surface area contributed by atoms with E-state index in [9.17, 15) is 8.68 Å². The van der Waals surface area contributed by atoms with E-state index in [0.29, 0.717) is 5.25 Å². The van der Waals surface area contributed by atoms with Crippen molar-refractivity contribution in [2.45, 2.75) is 23.5 Å². The Kier molecular flexibility index (Phi) is 6.89. The largest absolute Gasteiger partial charge is 0.722 e. The molecule has 26 heavy (non-hydrogen) atoms. The maximum Gasteiger partial charge on any atom is 0.278 e. The number of halogens is 1. The van der Waals surface area contributed by atoms with Gasteiger partial charge in [-0.1, -0.05) is 12.1 Å². The zero-order chi connectivity index (χ0) is 19.4. The van der Waals surface area contributed by atoms with Crippen molar-refractivity contribution < 1.29 is 30.9 Å². The number of nitrogens with zero attached hydrogens (tertiary/aromatic N) is 1. The summed E-state index contributed by atoms with van der Waals surface area (Å²) in [6.45, 7) is 3.00. The SMILES string of the molecule is COc1ccc(CS[C@H]2C[C@H]3C(=O)NCC[N+]3(C)C2)cc1.O=S(=O)([O-])F. The van der Waals surface area contributed by atoms with E-state index in [0.717, 1.165) is 42.0 Å². The highest BCUT2D eigenvalue weighted by molar-refractivity contribution is 7.99. The topological polar surface area (TPSA) is 95.5 Å². The van der Waals surface area contributed by atoms with E-state index in [1.807, 2.05) is 23.9 Å². The highest BCUT2D eigenvalue weighted by Gasteiger charge is 2.49. The van der Waals surface area contributed by atoms with Crippen LogP contribution >= 0.6 is 11.8 Å². The number of rotatable bonds is 4. The summed E-state index contributed by atoms with van der Waals surface area (Å²) in [6.07, 6.45) is 1.00. The molecule has 10 heteroatoms. The van der Waals surface area contributed by atoms with Crippen molar-refractivity contribution in [2.75, 3.05) is 33.8 Å². The maximum absolute atomic E-state index is 12.0. The number of thioether (sulfide) groups is 1. The smallest absolute Gasteiger partial charge is 0.278 e. The molecule has 1 aromatic rings. The van der Waals surface area contributed by atoms with Crippen molar-refractivity contribution in [3.8, 4) is 5.75 Å². The second-order valence-corrected chi connectivity index (χ2v) is 8.68. The lowest BCUT2D eigenvalue weighted by atomic mass is 10.1. The zero-order valence-corrected chi connectivity index (χ0v) is 16.3. The minimum absolute atomic E-state index is 0.159. The van der Waals surface area contributed by atoms with Gasteiger partial charge in [-0.25, -0.2) is 8.42 Å². The van der Waals surface area contributed by atoms with Gasteiger partial charge < -0.3 is 19.1 Å². The highest BCUT2D eigenvalue weighted by Crippen LogP contribution is 2.35. The van der Waals surface area contributed by atoms with Crippen molar-refractivity contribution >= 4 is 28.2 Å². The minimum Gasteiger partial charge on any atom is -0.722 e. The van der Waals surface area contributed by atoms with Gasteiger partial charge in [-0.2, -0.15) is 0 Å². The van der Waals surface area contributed by atoms with Crippen molar-refractivity contribution in [3.05, 3.63) is 29.8 Å². The number of amides is 1. The molecule has 2 fully saturated rings. The van der Waals surface area contributed by atoms with Crippen molar-refractivity contribution in [1.29, 1.82) is 0 Å². The first-order valence-electron chi connectivity index (χ1n) is 8.12. The second-order valence-electron chi connectivity index (χ2n) is 6.60. The molecule has 1 aromatic carbocycles. The standard InChI is InChI=1S/C16H22N2O2S.FHO3S/c1-18-8-7-17-16(19)15(18)9-14(10-18)21-11-12-3-5-13(20-2)6-4-12;1-5(2,3)4/h3-6,14-15H,7-11H2,1-2H3;(H,2,3,4)/t14-,15-,18?;/m0./s1. The monoisotopic (exact) mass is 406 g/mol. The third-order valence-electron chi connectivity index (χ3n) is 4.73. The van der Waals surface area contributed by atoms with Gasteiger partial charge in [-0.3, -0.25) is 4.79 Å². The first kappa shape index (κ1) is 20.9. The number of hydrogen-bond acceptors (Lipinski definition) is 6. The molecule has 3 rings (SSSR count). The molecule has 0 bridgehead atoms. The summed E-state index contributed by atoms with van der Waals surface area (Å²) in [5, 5.41) is 3.58. The van der Waals surface area contributed by atoms with Gasteiger partial charge in [0.05, 0.1) is 39.0 Å². The molecule has 2 heterocycles. The van der Waals surface area contributed by atoms with Gasteiger partial charge >= 0.3 is 0 Å². The van der Waals surface area contributed by atoms with E-state index in [-0.39, 0.29) is 11.9 Å². The van der Waals surface area contributed by atoms with Crippen LogP contribution in [0.15, 0.2) is 24.3 Å². The predicted molar refractivity (Wildman–Crippen MR) is 96.2 cm³/mol. The number of carbonyl (C=O) groups is 1. The Balaban J connectivity index is 0.000000431.